The lowest BCUT2D eigenvalue weighted by atomic mass is 10.1. The van der Waals surface area contributed by atoms with Gasteiger partial charge in [0.05, 0.1) is 18.8 Å². The lowest BCUT2D eigenvalue weighted by Gasteiger charge is -2.07. The monoisotopic (exact) mass is 258 g/mol. The fourth-order valence-corrected chi connectivity index (χ4v) is 1.35. The summed E-state index contributed by atoms with van der Waals surface area (Å²) >= 11 is 0. The van der Waals surface area contributed by atoms with E-state index in [2.05, 4.69) is 5.32 Å². The maximum absolute atomic E-state index is 13.4. The van der Waals surface area contributed by atoms with Crippen LogP contribution in [0.3, 0.4) is 0 Å². The summed E-state index contributed by atoms with van der Waals surface area (Å²) in [5, 5.41) is 2.48. The highest BCUT2D eigenvalue weighted by atomic mass is 19.1. The fourth-order valence-electron chi connectivity index (χ4n) is 1.35. The van der Waals surface area contributed by atoms with Gasteiger partial charge in [0.25, 0.3) is 5.91 Å². The van der Waals surface area contributed by atoms with Gasteiger partial charge in [-0.1, -0.05) is 0 Å². The Hall–Kier alpha value is -1.53. The number of amides is 1. The lowest BCUT2D eigenvalue weighted by Crippen LogP contribution is -2.28. The van der Waals surface area contributed by atoms with Gasteiger partial charge in [-0.25, -0.2) is 8.78 Å². The number of hydrogen-bond donors (Lipinski definition) is 2. The quantitative estimate of drug-likeness (QED) is 0.747. The molecule has 0 heterocycles. The molecule has 0 aromatic heterocycles. The van der Waals surface area contributed by atoms with Crippen LogP contribution in [0.1, 0.15) is 15.9 Å². The standard InChI is InChI=1S/C12H16F2N2O2/c1-8-6-9(11(14)7-10(8)13)12(17)16-3-5-18-4-2-15/h6-7H,2-5,15H2,1H3,(H,16,17). The van der Waals surface area contributed by atoms with E-state index < -0.39 is 17.5 Å². The van der Waals surface area contributed by atoms with Crippen LogP contribution in [0.5, 0.6) is 0 Å². The van der Waals surface area contributed by atoms with Gasteiger partial charge in [-0.2, -0.15) is 0 Å². The van der Waals surface area contributed by atoms with Gasteiger partial charge < -0.3 is 15.8 Å². The van der Waals surface area contributed by atoms with E-state index in [9.17, 15) is 13.6 Å². The molecule has 1 rings (SSSR count). The molecule has 0 saturated carbocycles. The molecule has 0 saturated heterocycles. The first kappa shape index (κ1) is 14.5. The SMILES string of the molecule is Cc1cc(C(=O)NCCOCCN)c(F)cc1F. The number of benzene rings is 1. The van der Waals surface area contributed by atoms with Gasteiger partial charge in [-0.05, 0) is 18.6 Å². The highest BCUT2D eigenvalue weighted by Crippen LogP contribution is 2.13. The summed E-state index contributed by atoms with van der Waals surface area (Å²) in [6.07, 6.45) is 0. The normalized spacial score (nSPS) is 10.4. The number of carbonyl (C=O) groups excluding carboxylic acids is 1. The van der Waals surface area contributed by atoms with Crippen LogP contribution in [0.4, 0.5) is 8.78 Å². The van der Waals surface area contributed by atoms with E-state index in [1.807, 2.05) is 0 Å². The Bertz CT molecular complexity index is 425. The average molecular weight is 258 g/mol. The van der Waals surface area contributed by atoms with Gasteiger partial charge in [0.1, 0.15) is 11.6 Å². The predicted molar refractivity (Wildman–Crippen MR) is 63.3 cm³/mol. The molecule has 0 unspecified atom stereocenters. The molecule has 0 radical (unpaired) electrons. The van der Waals surface area contributed by atoms with Crippen LogP contribution < -0.4 is 11.1 Å². The molecule has 0 aliphatic heterocycles. The second-order valence-corrected chi connectivity index (χ2v) is 3.74. The molecule has 0 spiro atoms. The number of hydrogen-bond acceptors (Lipinski definition) is 3. The summed E-state index contributed by atoms with van der Waals surface area (Å²) in [4.78, 5) is 11.6. The number of nitrogens with two attached hydrogens (primary N) is 1. The number of halogens is 2. The highest BCUT2D eigenvalue weighted by molar-refractivity contribution is 5.94. The van der Waals surface area contributed by atoms with E-state index in [0.29, 0.717) is 25.8 Å². The molecule has 1 aromatic carbocycles. The van der Waals surface area contributed by atoms with E-state index in [1.54, 1.807) is 0 Å². The third-order valence-electron chi connectivity index (χ3n) is 2.29. The van der Waals surface area contributed by atoms with Crippen LogP contribution in [0, 0.1) is 18.6 Å². The average Bonchev–Trinajstić information content (AvgIpc) is 2.33. The maximum atomic E-state index is 13.4. The Morgan fingerprint density at radius 2 is 2.06 bits per heavy atom. The van der Waals surface area contributed by atoms with E-state index in [1.165, 1.54) is 13.0 Å². The second kappa shape index (κ2) is 7.03. The van der Waals surface area contributed by atoms with Crippen LogP contribution in [0.25, 0.3) is 0 Å². The first-order chi connectivity index (χ1) is 8.56. The molecule has 0 fully saturated rings. The maximum Gasteiger partial charge on any atom is 0.254 e. The third-order valence-corrected chi connectivity index (χ3v) is 2.29. The molecular formula is C12H16F2N2O2. The topological polar surface area (TPSA) is 64.3 Å². The number of rotatable bonds is 6. The zero-order valence-corrected chi connectivity index (χ0v) is 10.1. The number of aryl methyl sites for hydroxylation is 1. The van der Waals surface area contributed by atoms with Crippen LogP contribution in [0.2, 0.25) is 0 Å². The largest absolute Gasteiger partial charge is 0.378 e. The molecule has 0 aliphatic carbocycles. The van der Waals surface area contributed by atoms with Gasteiger partial charge in [0.2, 0.25) is 0 Å². The zero-order chi connectivity index (χ0) is 13.5. The first-order valence-electron chi connectivity index (χ1n) is 5.58. The Labute approximate surface area is 104 Å². The minimum absolute atomic E-state index is 0.173. The molecule has 1 amide bonds. The van der Waals surface area contributed by atoms with Gasteiger partial charge >= 0.3 is 0 Å². The van der Waals surface area contributed by atoms with Gasteiger partial charge in [0.15, 0.2) is 0 Å². The molecule has 3 N–H and O–H groups in total. The second-order valence-electron chi connectivity index (χ2n) is 3.74. The van der Waals surface area contributed by atoms with Gasteiger partial charge in [-0.15, -0.1) is 0 Å². The van der Waals surface area contributed by atoms with Crippen molar-refractivity contribution in [1.29, 1.82) is 0 Å². The van der Waals surface area contributed by atoms with E-state index in [4.69, 9.17) is 10.5 Å². The molecular weight excluding hydrogens is 242 g/mol. The third kappa shape index (κ3) is 4.05. The van der Waals surface area contributed by atoms with Crippen molar-refractivity contribution in [2.24, 2.45) is 5.73 Å². The van der Waals surface area contributed by atoms with Crippen LogP contribution in [0.15, 0.2) is 12.1 Å². The minimum atomic E-state index is -0.876. The van der Waals surface area contributed by atoms with Gasteiger partial charge in [-0.3, -0.25) is 4.79 Å². The molecule has 6 heteroatoms. The van der Waals surface area contributed by atoms with E-state index in [-0.39, 0.29) is 17.7 Å². The number of carbonyl (C=O) groups is 1. The predicted octanol–water partition coefficient (Wildman–Crippen LogP) is 0.978. The Kier molecular flexibility index (Phi) is 5.67. The number of ether oxygens (including phenoxy) is 1. The Balaban J connectivity index is 2.54. The van der Waals surface area contributed by atoms with Crippen molar-refractivity contribution < 1.29 is 18.3 Å². The van der Waals surface area contributed by atoms with Crippen molar-refractivity contribution in [2.45, 2.75) is 6.92 Å². The first-order valence-corrected chi connectivity index (χ1v) is 5.58. The summed E-state index contributed by atoms with van der Waals surface area (Å²) in [5.74, 6) is -2.14. The molecule has 1 aromatic rings. The van der Waals surface area contributed by atoms with Crippen molar-refractivity contribution in [3.8, 4) is 0 Å². The van der Waals surface area contributed by atoms with Crippen molar-refractivity contribution in [1.82, 2.24) is 5.32 Å². The summed E-state index contributed by atoms with van der Waals surface area (Å²) in [7, 11) is 0. The molecule has 18 heavy (non-hydrogen) atoms. The fraction of sp³-hybridized carbons (Fsp3) is 0.417. The van der Waals surface area contributed by atoms with Crippen molar-refractivity contribution in [3.63, 3.8) is 0 Å². The summed E-state index contributed by atoms with van der Waals surface area (Å²) in [6.45, 7) is 2.81. The summed E-state index contributed by atoms with van der Waals surface area (Å²) in [6, 6.07) is 1.88. The molecule has 0 aliphatic rings. The Morgan fingerprint density at radius 3 is 2.72 bits per heavy atom. The van der Waals surface area contributed by atoms with Crippen LogP contribution in [-0.4, -0.2) is 32.2 Å². The number of nitrogens with one attached hydrogen (secondary N) is 1. The lowest BCUT2D eigenvalue weighted by molar-refractivity contribution is 0.0915. The molecule has 0 atom stereocenters. The highest BCUT2D eigenvalue weighted by Gasteiger charge is 2.13. The van der Waals surface area contributed by atoms with Crippen molar-refractivity contribution in [2.75, 3.05) is 26.3 Å². The van der Waals surface area contributed by atoms with Crippen molar-refractivity contribution >= 4 is 5.91 Å². The molecule has 100 valence electrons. The molecule has 4 nitrogen and oxygen atoms in total. The minimum Gasteiger partial charge on any atom is -0.378 e. The van der Waals surface area contributed by atoms with E-state index in [0.717, 1.165) is 0 Å². The smallest absolute Gasteiger partial charge is 0.254 e. The van der Waals surface area contributed by atoms with E-state index >= 15 is 0 Å². The summed E-state index contributed by atoms with van der Waals surface area (Å²) in [5.41, 5.74) is 5.26. The van der Waals surface area contributed by atoms with Crippen molar-refractivity contribution in [3.05, 3.63) is 34.9 Å². The van der Waals surface area contributed by atoms with Crippen LogP contribution in [-0.2, 0) is 4.74 Å². The zero-order valence-electron chi connectivity index (χ0n) is 10.1. The summed E-state index contributed by atoms with van der Waals surface area (Å²) < 4.78 is 31.4. The Morgan fingerprint density at radius 1 is 1.33 bits per heavy atom. The van der Waals surface area contributed by atoms with Gasteiger partial charge in [0, 0.05) is 19.2 Å². The van der Waals surface area contributed by atoms with Crippen LogP contribution >= 0.6 is 0 Å². The molecule has 0 bridgehead atoms.